The predicted molar refractivity (Wildman–Crippen MR) is 125 cm³/mol. The van der Waals surface area contributed by atoms with Crippen LogP contribution < -0.4 is 4.90 Å². The van der Waals surface area contributed by atoms with Gasteiger partial charge in [0.15, 0.2) is 0 Å². The average molecular weight is 459 g/mol. The number of ether oxygens (including phenoxy) is 2. The molecule has 1 aromatic carbocycles. The smallest absolute Gasteiger partial charge is 0.407 e. The molecule has 0 bridgehead atoms. The first kappa shape index (κ1) is 23.4. The van der Waals surface area contributed by atoms with Gasteiger partial charge in [-0.1, -0.05) is 6.92 Å². The molecule has 8 heteroatoms. The lowest BCUT2D eigenvalue weighted by Gasteiger charge is -2.36. The number of hydrogen-bond acceptors (Lipinski definition) is 6. The molecule has 3 heterocycles. The van der Waals surface area contributed by atoms with Crippen molar-refractivity contribution in [3.8, 4) is 0 Å². The molecular formula is C25H34N2O6. The lowest BCUT2D eigenvalue weighted by molar-refractivity contribution is 0.0601. The number of esters is 1. The van der Waals surface area contributed by atoms with Gasteiger partial charge in [0.1, 0.15) is 11.3 Å². The number of methoxy groups -OCH3 is 1. The maximum absolute atomic E-state index is 13.0. The summed E-state index contributed by atoms with van der Waals surface area (Å²) >= 11 is 0. The first-order valence-electron chi connectivity index (χ1n) is 12.0. The number of likely N-dealkylation sites (tertiary alicyclic amines) is 1. The van der Waals surface area contributed by atoms with Crippen LogP contribution in [-0.2, 0) is 15.9 Å². The summed E-state index contributed by atoms with van der Waals surface area (Å²) in [6, 6.07) is 4.40. The van der Waals surface area contributed by atoms with Crippen molar-refractivity contribution in [3.05, 3.63) is 29.0 Å². The quantitative estimate of drug-likeness (QED) is 0.630. The van der Waals surface area contributed by atoms with E-state index in [0.29, 0.717) is 49.5 Å². The summed E-state index contributed by atoms with van der Waals surface area (Å²) in [5, 5.41) is 10.0. The molecule has 2 aliphatic rings. The van der Waals surface area contributed by atoms with Gasteiger partial charge in [-0.2, -0.15) is 0 Å². The van der Waals surface area contributed by atoms with Crippen LogP contribution in [0.1, 0.15) is 67.1 Å². The second-order valence-electron chi connectivity index (χ2n) is 8.83. The number of furan rings is 1. The van der Waals surface area contributed by atoms with Gasteiger partial charge in [-0.05, 0) is 50.7 Å². The van der Waals surface area contributed by atoms with E-state index in [4.69, 9.17) is 13.9 Å². The second-order valence-corrected chi connectivity index (χ2v) is 8.83. The number of amides is 1. The first-order chi connectivity index (χ1) is 16.0. The molecule has 0 aliphatic carbocycles. The van der Waals surface area contributed by atoms with Crippen LogP contribution in [0.3, 0.4) is 0 Å². The fourth-order valence-electron chi connectivity index (χ4n) is 5.36. The normalized spacial score (nSPS) is 18.0. The van der Waals surface area contributed by atoms with Gasteiger partial charge in [0.2, 0.25) is 0 Å². The molecule has 1 amide bonds. The van der Waals surface area contributed by atoms with Crippen molar-refractivity contribution in [2.45, 2.75) is 57.9 Å². The minimum Gasteiger partial charge on any atom is -0.465 e. The van der Waals surface area contributed by atoms with E-state index < -0.39 is 6.09 Å². The van der Waals surface area contributed by atoms with Crippen LogP contribution >= 0.6 is 0 Å². The van der Waals surface area contributed by atoms with Crippen LogP contribution in [0.5, 0.6) is 0 Å². The lowest BCUT2D eigenvalue weighted by Crippen LogP contribution is -2.40. The van der Waals surface area contributed by atoms with Crippen LogP contribution in [0.25, 0.3) is 11.0 Å². The Bertz CT molecular complexity index is 1000. The molecule has 1 N–H and O–H groups in total. The highest BCUT2D eigenvalue weighted by Crippen LogP contribution is 2.39. The molecular weight excluding hydrogens is 424 g/mol. The van der Waals surface area contributed by atoms with E-state index in [-0.39, 0.29) is 11.9 Å². The van der Waals surface area contributed by atoms with Crippen molar-refractivity contribution in [1.29, 1.82) is 0 Å². The molecule has 2 fully saturated rings. The Kier molecular flexibility index (Phi) is 7.12. The molecule has 1 aromatic heterocycles. The standard InChI is InChI=1S/C25H34N2O6/c1-4-18-20(27(5-2)17-8-12-32-13-9-17)15-22-19(23(18)24(28)31-3)14-21(33-22)16-6-10-26(11-7-16)25(29)30/h14-17H,4-13H2,1-3H3,(H,29,30). The molecule has 180 valence electrons. The summed E-state index contributed by atoms with van der Waals surface area (Å²) in [4.78, 5) is 28.1. The summed E-state index contributed by atoms with van der Waals surface area (Å²) in [7, 11) is 1.42. The molecule has 4 rings (SSSR count). The predicted octanol–water partition coefficient (Wildman–Crippen LogP) is 4.64. The van der Waals surface area contributed by atoms with Crippen molar-refractivity contribution in [2.75, 3.05) is 44.9 Å². The Morgan fingerprint density at radius 1 is 1.15 bits per heavy atom. The number of fused-ring (bicyclic) bond motifs is 1. The van der Waals surface area contributed by atoms with Gasteiger partial charge in [-0.3, -0.25) is 0 Å². The maximum Gasteiger partial charge on any atom is 0.407 e. The maximum atomic E-state index is 13.0. The van der Waals surface area contributed by atoms with Gasteiger partial charge in [0.05, 0.1) is 12.7 Å². The lowest BCUT2D eigenvalue weighted by atomic mass is 9.93. The fraction of sp³-hybridized carbons (Fsp3) is 0.600. The molecule has 33 heavy (non-hydrogen) atoms. The van der Waals surface area contributed by atoms with Crippen LogP contribution in [0.2, 0.25) is 0 Å². The van der Waals surface area contributed by atoms with Gasteiger partial charge in [0.25, 0.3) is 0 Å². The van der Waals surface area contributed by atoms with E-state index >= 15 is 0 Å². The van der Waals surface area contributed by atoms with Crippen molar-refractivity contribution < 1.29 is 28.6 Å². The van der Waals surface area contributed by atoms with Gasteiger partial charge in [-0.25, -0.2) is 9.59 Å². The summed E-state index contributed by atoms with van der Waals surface area (Å²) < 4.78 is 17.1. The van der Waals surface area contributed by atoms with Crippen LogP contribution in [0.4, 0.5) is 10.5 Å². The largest absolute Gasteiger partial charge is 0.465 e. The number of nitrogens with zero attached hydrogens (tertiary/aromatic N) is 2. The van der Waals surface area contributed by atoms with Crippen molar-refractivity contribution in [1.82, 2.24) is 4.90 Å². The highest BCUT2D eigenvalue weighted by Gasteiger charge is 2.30. The summed E-state index contributed by atoms with van der Waals surface area (Å²) in [5.74, 6) is 0.591. The Morgan fingerprint density at radius 3 is 2.42 bits per heavy atom. The van der Waals surface area contributed by atoms with Gasteiger partial charge >= 0.3 is 12.1 Å². The Balaban J connectivity index is 1.77. The number of carbonyl (C=O) groups is 2. The Morgan fingerprint density at radius 2 is 1.85 bits per heavy atom. The van der Waals surface area contributed by atoms with Crippen LogP contribution in [0.15, 0.2) is 16.5 Å². The Hall–Kier alpha value is -2.74. The highest BCUT2D eigenvalue weighted by atomic mass is 16.5. The van der Waals surface area contributed by atoms with E-state index in [1.165, 1.54) is 12.0 Å². The topological polar surface area (TPSA) is 92.5 Å². The minimum absolute atomic E-state index is 0.129. The first-order valence-corrected chi connectivity index (χ1v) is 12.0. The summed E-state index contributed by atoms with van der Waals surface area (Å²) in [5.41, 5.74) is 3.27. The van der Waals surface area contributed by atoms with E-state index in [1.807, 2.05) is 6.07 Å². The monoisotopic (exact) mass is 458 g/mol. The molecule has 0 saturated carbocycles. The third kappa shape index (κ3) is 4.53. The van der Waals surface area contributed by atoms with E-state index in [2.05, 4.69) is 24.8 Å². The molecule has 0 spiro atoms. The van der Waals surface area contributed by atoms with Gasteiger partial charge < -0.3 is 28.8 Å². The van der Waals surface area contributed by atoms with Crippen molar-refractivity contribution in [3.63, 3.8) is 0 Å². The molecule has 0 unspecified atom stereocenters. The minimum atomic E-state index is -0.879. The van der Waals surface area contributed by atoms with E-state index in [1.54, 1.807) is 0 Å². The number of rotatable bonds is 6. The molecule has 0 radical (unpaired) electrons. The molecule has 8 nitrogen and oxygen atoms in total. The fourth-order valence-corrected chi connectivity index (χ4v) is 5.36. The second kappa shape index (κ2) is 10.0. The number of carbonyl (C=O) groups excluding carboxylic acids is 1. The zero-order chi connectivity index (χ0) is 23.5. The molecule has 2 aliphatic heterocycles. The van der Waals surface area contributed by atoms with Crippen molar-refractivity contribution in [2.24, 2.45) is 0 Å². The highest BCUT2D eigenvalue weighted by molar-refractivity contribution is 6.07. The average Bonchev–Trinajstić information content (AvgIpc) is 3.27. The van der Waals surface area contributed by atoms with Crippen LogP contribution in [0, 0.1) is 0 Å². The number of carboxylic acid groups (broad SMARTS) is 1. The van der Waals surface area contributed by atoms with E-state index in [0.717, 1.165) is 55.0 Å². The molecule has 2 aromatic rings. The molecule has 2 saturated heterocycles. The third-order valence-corrected chi connectivity index (χ3v) is 7.12. The summed E-state index contributed by atoms with van der Waals surface area (Å²) in [6.07, 6.45) is 3.14. The number of hydrogen-bond donors (Lipinski definition) is 1. The summed E-state index contributed by atoms with van der Waals surface area (Å²) in [6.45, 7) is 7.49. The zero-order valence-electron chi connectivity index (χ0n) is 19.8. The van der Waals surface area contributed by atoms with Crippen molar-refractivity contribution >= 4 is 28.7 Å². The van der Waals surface area contributed by atoms with Crippen LogP contribution in [-0.4, -0.2) is 68.1 Å². The number of benzene rings is 1. The molecule has 0 atom stereocenters. The number of piperidine rings is 1. The zero-order valence-corrected chi connectivity index (χ0v) is 19.8. The number of anilines is 1. The SMILES string of the molecule is CCc1c(N(CC)C2CCOCC2)cc2oc(C3CCN(C(=O)O)CC3)cc2c1C(=O)OC. The Labute approximate surface area is 194 Å². The van der Waals surface area contributed by atoms with Gasteiger partial charge in [0, 0.05) is 61.9 Å². The van der Waals surface area contributed by atoms with Gasteiger partial charge in [-0.15, -0.1) is 0 Å². The van der Waals surface area contributed by atoms with E-state index in [9.17, 15) is 14.7 Å². The third-order valence-electron chi connectivity index (χ3n) is 7.12.